The fourth-order valence-electron chi connectivity index (χ4n) is 2.78. The van der Waals surface area contributed by atoms with Crippen molar-refractivity contribution >= 4 is 17.5 Å². The van der Waals surface area contributed by atoms with E-state index in [1.165, 1.54) is 18.2 Å². The molecule has 0 aromatic heterocycles. The first-order chi connectivity index (χ1) is 9.93. The lowest BCUT2D eigenvalue weighted by molar-refractivity contribution is -0.00786. The number of nitrogens with one attached hydrogen (secondary N) is 1. The maximum absolute atomic E-state index is 13.1. The van der Waals surface area contributed by atoms with Gasteiger partial charge in [0.25, 0.3) is 5.91 Å². The number of hydrogen-bond donors (Lipinski definition) is 2. The van der Waals surface area contributed by atoms with Crippen LogP contribution in [-0.2, 0) is 0 Å². The van der Waals surface area contributed by atoms with Crippen molar-refractivity contribution < 1.29 is 14.3 Å². The van der Waals surface area contributed by atoms with Crippen LogP contribution in [0.3, 0.4) is 0 Å². The second kappa shape index (κ2) is 6.75. The molecule has 0 atom stereocenters. The zero-order valence-corrected chi connectivity index (χ0v) is 12.9. The average molecular weight is 314 g/mol. The van der Waals surface area contributed by atoms with Crippen LogP contribution < -0.4 is 5.32 Å². The van der Waals surface area contributed by atoms with E-state index in [1.54, 1.807) is 0 Å². The Hall–Kier alpha value is -1.13. The summed E-state index contributed by atoms with van der Waals surface area (Å²) in [5, 5.41) is 13.1. The number of halogens is 2. The van der Waals surface area contributed by atoms with Gasteiger partial charge in [0.15, 0.2) is 0 Å². The number of benzene rings is 1. The van der Waals surface area contributed by atoms with Crippen LogP contribution in [0, 0.1) is 11.7 Å². The molecule has 1 fully saturated rings. The molecule has 0 heterocycles. The lowest BCUT2D eigenvalue weighted by Crippen LogP contribution is -2.45. The highest BCUT2D eigenvalue weighted by Gasteiger charge is 2.32. The van der Waals surface area contributed by atoms with E-state index < -0.39 is 11.4 Å². The summed E-state index contributed by atoms with van der Waals surface area (Å²) in [6.45, 7) is 2.38. The molecule has 3 nitrogen and oxygen atoms in total. The molecule has 2 N–H and O–H groups in total. The summed E-state index contributed by atoms with van der Waals surface area (Å²) in [7, 11) is 0. The molecule has 1 amide bonds. The van der Waals surface area contributed by atoms with Crippen LogP contribution in [0.15, 0.2) is 18.2 Å². The molecule has 0 radical (unpaired) electrons. The second-order valence-corrected chi connectivity index (χ2v) is 6.29. The maximum atomic E-state index is 13.1. The number of amides is 1. The summed E-state index contributed by atoms with van der Waals surface area (Å²) < 4.78 is 13.1. The third-order valence-electron chi connectivity index (χ3n) is 4.37. The van der Waals surface area contributed by atoms with Crippen LogP contribution in [0.1, 0.15) is 49.4 Å². The van der Waals surface area contributed by atoms with Gasteiger partial charge < -0.3 is 10.4 Å². The Bertz CT molecular complexity index is 513. The third-order valence-corrected chi connectivity index (χ3v) is 4.66. The first kappa shape index (κ1) is 16.2. The van der Waals surface area contributed by atoms with Gasteiger partial charge in [0.05, 0.1) is 10.6 Å². The zero-order valence-electron chi connectivity index (χ0n) is 12.2. The number of rotatable bonds is 4. The second-order valence-electron chi connectivity index (χ2n) is 5.89. The van der Waals surface area contributed by atoms with E-state index in [0.29, 0.717) is 24.3 Å². The molecule has 0 unspecified atom stereocenters. The van der Waals surface area contributed by atoms with Gasteiger partial charge in [0.1, 0.15) is 5.82 Å². The lowest BCUT2D eigenvalue weighted by Gasteiger charge is -2.35. The summed E-state index contributed by atoms with van der Waals surface area (Å²) in [6.07, 6.45) is 4.53. The smallest absolute Gasteiger partial charge is 0.251 e. The van der Waals surface area contributed by atoms with Crippen LogP contribution in [0.2, 0.25) is 5.02 Å². The Morgan fingerprint density at radius 2 is 2.14 bits per heavy atom. The molecule has 0 saturated heterocycles. The fourth-order valence-corrected chi connectivity index (χ4v) is 2.96. The molecule has 1 aromatic rings. The van der Waals surface area contributed by atoms with E-state index in [4.69, 9.17) is 11.6 Å². The van der Waals surface area contributed by atoms with Crippen molar-refractivity contribution in [3.63, 3.8) is 0 Å². The Kier molecular flexibility index (Phi) is 5.22. The van der Waals surface area contributed by atoms with Gasteiger partial charge in [-0.05, 0) is 49.8 Å². The van der Waals surface area contributed by atoms with Gasteiger partial charge in [-0.15, -0.1) is 0 Å². The van der Waals surface area contributed by atoms with Gasteiger partial charge >= 0.3 is 0 Å². The van der Waals surface area contributed by atoms with Crippen LogP contribution in [0.4, 0.5) is 4.39 Å². The standard InChI is InChI=1S/C16H21ClFNO2/c1-2-11-5-7-16(21,8-6-11)10-19-15(20)12-3-4-14(18)13(17)9-12/h3-4,9,11,21H,2,5-8,10H2,1H3,(H,19,20). The Morgan fingerprint density at radius 1 is 1.48 bits per heavy atom. The van der Waals surface area contributed by atoms with Gasteiger partial charge in [0.2, 0.25) is 0 Å². The Labute approximate surface area is 129 Å². The van der Waals surface area contributed by atoms with E-state index in [2.05, 4.69) is 12.2 Å². The normalized spacial score (nSPS) is 25.6. The Morgan fingerprint density at radius 3 is 2.71 bits per heavy atom. The van der Waals surface area contributed by atoms with Gasteiger partial charge in [-0.1, -0.05) is 24.9 Å². The van der Waals surface area contributed by atoms with Crippen molar-refractivity contribution in [2.24, 2.45) is 5.92 Å². The minimum absolute atomic E-state index is 0.0789. The van der Waals surface area contributed by atoms with Gasteiger partial charge in [-0.2, -0.15) is 0 Å². The monoisotopic (exact) mass is 313 g/mol. The van der Waals surface area contributed by atoms with Crippen LogP contribution in [-0.4, -0.2) is 23.2 Å². The molecule has 0 spiro atoms. The summed E-state index contributed by atoms with van der Waals surface area (Å²) in [6, 6.07) is 3.84. The summed E-state index contributed by atoms with van der Waals surface area (Å²) >= 11 is 5.66. The quantitative estimate of drug-likeness (QED) is 0.893. The minimum atomic E-state index is -0.828. The first-order valence-corrected chi connectivity index (χ1v) is 7.77. The molecule has 0 aliphatic heterocycles. The number of hydrogen-bond acceptors (Lipinski definition) is 2. The molecule has 116 valence electrons. The van der Waals surface area contributed by atoms with Crippen LogP contribution in [0.5, 0.6) is 0 Å². The van der Waals surface area contributed by atoms with Crippen LogP contribution in [0.25, 0.3) is 0 Å². The summed E-state index contributed by atoms with van der Waals surface area (Å²) in [4.78, 5) is 12.0. The molecule has 1 aromatic carbocycles. The average Bonchev–Trinajstić information content (AvgIpc) is 2.48. The predicted octanol–water partition coefficient (Wildman–Crippen LogP) is 3.54. The van der Waals surface area contributed by atoms with Gasteiger partial charge in [0, 0.05) is 12.1 Å². The van der Waals surface area contributed by atoms with Crippen molar-refractivity contribution in [1.29, 1.82) is 0 Å². The minimum Gasteiger partial charge on any atom is -0.388 e. The molecule has 1 saturated carbocycles. The summed E-state index contributed by atoms with van der Waals surface area (Å²) in [5.41, 5.74) is -0.530. The van der Waals surface area contributed by atoms with Gasteiger partial charge in [-0.3, -0.25) is 4.79 Å². The van der Waals surface area contributed by atoms with Crippen molar-refractivity contribution in [2.45, 2.75) is 44.6 Å². The van der Waals surface area contributed by atoms with Gasteiger partial charge in [-0.25, -0.2) is 4.39 Å². The van der Waals surface area contributed by atoms with E-state index >= 15 is 0 Å². The highest BCUT2D eigenvalue weighted by atomic mass is 35.5. The molecular formula is C16H21ClFNO2. The number of aliphatic hydroxyl groups is 1. The zero-order chi connectivity index (χ0) is 15.5. The van der Waals surface area contributed by atoms with Crippen LogP contribution >= 0.6 is 11.6 Å². The molecule has 1 aliphatic carbocycles. The van der Waals surface area contributed by atoms with Crippen molar-refractivity contribution in [3.05, 3.63) is 34.6 Å². The summed E-state index contributed by atoms with van der Waals surface area (Å²) in [5.74, 6) is -0.218. The molecular weight excluding hydrogens is 293 g/mol. The number of carbonyl (C=O) groups is 1. The predicted molar refractivity (Wildman–Crippen MR) is 80.9 cm³/mol. The Balaban J connectivity index is 1.90. The van der Waals surface area contributed by atoms with E-state index in [0.717, 1.165) is 19.3 Å². The molecule has 1 aliphatic rings. The molecule has 21 heavy (non-hydrogen) atoms. The van der Waals surface area contributed by atoms with E-state index in [-0.39, 0.29) is 17.5 Å². The topological polar surface area (TPSA) is 49.3 Å². The SMILES string of the molecule is CCC1CCC(O)(CNC(=O)c2ccc(F)c(Cl)c2)CC1. The fraction of sp³-hybridized carbons (Fsp3) is 0.562. The van der Waals surface area contributed by atoms with E-state index in [9.17, 15) is 14.3 Å². The molecule has 5 heteroatoms. The van der Waals surface area contributed by atoms with Crippen molar-refractivity contribution in [1.82, 2.24) is 5.32 Å². The van der Waals surface area contributed by atoms with E-state index in [1.807, 2.05) is 0 Å². The van der Waals surface area contributed by atoms with Crippen molar-refractivity contribution in [2.75, 3.05) is 6.54 Å². The lowest BCUT2D eigenvalue weighted by atomic mass is 9.78. The molecule has 2 rings (SSSR count). The largest absolute Gasteiger partial charge is 0.388 e. The number of carbonyl (C=O) groups excluding carboxylic acids is 1. The molecule has 0 bridgehead atoms. The first-order valence-electron chi connectivity index (χ1n) is 7.39. The third kappa shape index (κ3) is 4.17. The maximum Gasteiger partial charge on any atom is 0.251 e. The van der Waals surface area contributed by atoms with Crippen molar-refractivity contribution in [3.8, 4) is 0 Å². The highest BCUT2D eigenvalue weighted by Crippen LogP contribution is 2.33. The highest BCUT2D eigenvalue weighted by molar-refractivity contribution is 6.31.